The third kappa shape index (κ3) is 3.44. The Morgan fingerprint density at radius 2 is 2.09 bits per heavy atom. The number of ether oxygens (including phenoxy) is 1. The fourth-order valence-electron chi connectivity index (χ4n) is 2.47. The van der Waals surface area contributed by atoms with Crippen molar-refractivity contribution in [2.75, 3.05) is 18.2 Å². The molecule has 1 aromatic heterocycles. The fourth-order valence-corrected chi connectivity index (χ4v) is 3.17. The number of carbonyl (C=O) groups excluding carboxylic acids is 1. The van der Waals surface area contributed by atoms with Crippen molar-refractivity contribution in [1.82, 2.24) is 5.16 Å². The molecule has 22 heavy (non-hydrogen) atoms. The van der Waals surface area contributed by atoms with E-state index >= 15 is 0 Å². The fraction of sp³-hybridized carbons (Fsp3) is 0.375. The molecule has 116 valence electrons. The van der Waals surface area contributed by atoms with Crippen LogP contribution in [0, 0.1) is 0 Å². The Balaban J connectivity index is 1.55. The number of aromatic nitrogens is 1. The zero-order valence-electron chi connectivity index (χ0n) is 12.4. The number of carbonyl (C=O) groups is 1. The summed E-state index contributed by atoms with van der Waals surface area (Å²) in [4.78, 5) is 13.1. The molecule has 0 unspecified atom stereocenters. The van der Waals surface area contributed by atoms with Crippen LogP contribution in [-0.4, -0.2) is 23.9 Å². The van der Waals surface area contributed by atoms with E-state index in [0.29, 0.717) is 11.6 Å². The Morgan fingerprint density at radius 1 is 1.32 bits per heavy atom. The third-order valence-corrected chi connectivity index (χ3v) is 4.65. The van der Waals surface area contributed by atoms with Gasteiger partial charge in [0.05, 0.1) is 18.6 Å². The molecule has 1 aliphatic rings. The Labute approximate surface area is 133 Å². The highest BCUT2D eigenvalue weighted by Crippen LogP contribution is 2.28. The topological polar surface area (TPSA) is 64.4 Å². The minimum absolute atomic E-state index is 0.0784. The van der Waals surface area contributed by atoms with Gasteiger partial charge in [0, 0.05) is 10.5 Å². The molecule has 2 aromatic rings. The van der Waals surface area contributed by atoms with E-state index in [4.69, 9.17) is 9.26 Å². The van der Waals surface area contributed by atoms with Crippen molar-refractivity contribution in [2.45, 2.75) is 30.6 Å². The molecule has 3 rings (SSSR count). The van der Waals surface area contributed by atoms with Crippen molar-refractivity contribution in [3.63, 3.8) is 0 Å². The van der Waals surface area contributed by atoms with Gasteiger partial charge in [-0.15, -0.1) is 11.8 Å². The molecule has 0 atom stereocenters. The number of fused-ring (bicyclic) bond motifs is 1. The van der Waals surface area contributed by atoms with Crippen molar-refractivity contribution in [3.8, 4) is 5.75 Å². The largest absolute Gasteiger partial charge is 0.497 e. The zero-order chi connectivity index (χ0) is 15.4. The lowest BCUT2D eigenvalue weighted by molar-refractivity contribution is -0.113. The Hall–Kier alpha value is -1.95. The van der Waals surface area contributed by atoms with Crippen LogP contribution >= 0.6 is 11.8 Å². The molecule has 1 heterocycles. The quantitative estimate of drug-likeness (QED) is 0.857. The molecule has 0 spiro atoms. The Bertz CT molecular complexity index is 652. The van der Waals surface area contributed by atoms with Crippen molar-refractivity contribution >= 4 is 23.6 Å². The standard InChI is InChI=1S/C16H18N2O3S/c1-20-11-6-8-12(9-7-11)22-10-15(19)17-16-13-4-2-3-5-14(13)18-21-16/h6-9H,2-5,10H2,1H3,(H,17,19). The normalized spacial score (nSPS) is 13.5. The Kier molecular flexibility index (Phi) is 4.68. The first-order valence-corrected chi connectivity index (χ1v) is 8.29. The molecule has 0 bridgehead atoms. The van der Waals surface area contributed by atoms with Crippen molar-refractivity contribution in [1.29, 1.82) is 0 Å². The number of aryl methyl sites for hydroxylation is 1. The van der Waals surface area contributed by atoms with Gasteiger partial charge < -0.3 is 9.26 Å². The summed E-state index contributed by atoms with van der Waals surface area (Å²) >= 11 is 1.48. The van der Waals surface area contributed by atoms with E-state index in [1.54, 1.807) is 7.11 Å². The van der Waals surface area contributed by atoms with Gasteiger partial charge in [0.1, 0.15) is 5.75 Å². The van der Waals surface area contributed by atoms with Gasteiger partial charge in [-0.2, -0.15) is 0 Å². The Morgan fingerprint density at radius 3 is 2.86 bits per heavy atom. The van der Waals surface area contributed by atoms with Gasteiger partial charge in [0.2, 0.25) is 11.8 Å². The number of nitrogens with one attached hydrogen (secondary N) is 1. The minimum Gasteiger partial charge on any atom is -0.497 e. The molecule has 0 radical (unpaired) electrons. The van der Waals surface area contributed by atoms with Gasteiger partial charge in [0.25, 0.3) is 0 Å². The lowest BCUT2D eigenvalue weighted by Gasteiger charge is -2.09. The second kappa shape index (κ2) is 6.87. The summed E-state index contributed by atoms with van der Waals surface area (Å²) in [5, 5.41) is 6.87. The highest BCUT2D eigenvalue weighted by molar-refractivity contribution is 8.00. The van der Waals surface area contributed by atoms with Crippen LogP contribution in [0.4, 0.5) is 5.88 Å². The maximum atomic E-state index is 12.0. The van der Waals surface area contributed by atoms with Crippen molar-refractivity contribution in [3.05, 3.63) is 35.5 Å². The second-order valence-corrected chi connectivity index (χ2v) is 6.21. The lowest BCUT2D eigenvalue weighted by atomic mass is 9.98. The summed E-state index contributed by atoms with van der Waals surface area (Å²) in [5.41, 5.74) is 2.05. The van der Waals surface area contributed by atoms with Gasteiger partial charge >= 0.3 is 0 Å². The summed E-state index contributed by atoms with van der Waals surface area (Å²) in [6.07, 6.45) is 4.13. The molecule has 1 N–H and O–H groups in total. The predicted molar refractivity (Wildman–Crippen MR) is 85.5 cm³/mol. The van der Waals surface area contributed by atoms with Gasteiger partial charge in [0.15, 0.2) is 0 Å². The van der Waals surface area contributed by atoms with E-state index in [-0.39, 0.29) is 5.91 Å². The maximum Gasteiger partial charge on any atom is 0.237 e. The van der Waals surface area contributed by atoms with Crippen LogP contribution in [0.1, 0.15) is 24.1 Å². The average Bonchev–Trinajstić information content (AvgIpc) is 2.97. The van der Waals surface area contributed by atoms with Gasteiger partial charge in [-0.25, -0.2) is 0 Å². The van der Waals surface area contributed by atoms with E-state index in [9.17, 15) is 4.79 Å². The average molecular weight is 318 g/mol. The van der Waals surface area contributed by atoms with Crippen LogP contribution in [0.25, 0.3) is 0 Å². The summed E-state index contributed by atoms with van der Waals surface area (Å²) in [6.45, 7) is 0. The first-order chi connectivity index (χ1) is 10.8. The molecule has 0 saturated heterocycles. The number of benzene rings is 1. The summed E-state index contributed by atoms with van der Waals surface area (Å²) in [6, 6.07) is 7.64. The number of methoxy groups -OCH3 is 1. The van der Waals surface area contributed by atoms with E-state index in [0.717, 1.165) is 47.6 Å². The summed E-state index contributed by atoms with van der Waals surface area (Å²) in [7, 11) is 1.63. The van der Waals surface area contributed by atoms with Crippen LogP contribution in [0.5, 0.6) is 5.75 Å². The summed E-state index contributed by atoms with van der Waals surface area (Å²) in [5.74, 6) is 1.59. The van der Waals surface area contributed by atoms with Gasteiger partial charge in [-0.3, -0.25) is 10.1 Å². The summed E-state index contributed by atoms with van der Waals surface area (Å²) < 4.78 is 10.4. The lowest BCUT2D eigenvalue weighted by Crippen LogP contribution is -2.15. The molecule has 1 aromatic carbocycles. The van der Waals surface area contributed by atoms with Crippen LogP contribution < -0.4 is 10.1 Å². The van der Waals surface area contributed by atoms with Crippen molar-refractivity contribution in [2.24, 2.45) is 0 Å². The molecule has 6 heteroatoms. The first-order valence-electron chi connectivity index (χ1n) is 7.30. The van der Waals surface area contributed by atoms with Gasteiger partial charge in [-0.1, -0.05) is 5.16 Å². The monoisotopic (exact) mass is 318 g/mol. The SMILES string of the molecule is COc1ccc(SCC(=O)Nc2onc3c2CCCC3)cc1. The molecule has 0 fully saturated rings. The smallest absolute Gasteiger partial charge is 0.237 e. The number of anilines is 1. The number of hydrogen-bond donors (Lipinski definition) is 1. The number of nitrogens with zero attached hydrogens (tertiary/aromatic N) is 1. The van der Waals surface area contributed by atoms with E-state index in [2.05, 4.69) is 10.5 Å². The van der Waals surface area contributed by atoms with Crippen LogP contribution in [0.15, 0.2) is 33.7 Å². The molecule has 0 saturated carbocycles. The molecule has 5 nitrogen and oxygen atoms in total. The molecule has 1 amide bonds. The molecular formula is C16H18N2O3S. The molecular weight excluding hydrogens is 300 g/mol. The predicted octanol–water partition coefficient (Wildman–Crippen LogP) is 3.29. The van der Waals surface area contributed by atoms with Crippen LogP contribution in [-0.2, 0) is 17.6 Å². The van der Waals surface area contributed by atoms with E-state index in [1.165, 1.54) is 11.8 Å². The van der Waals surface area contributed by atoms with Crippen LogP contribution in [0.2, 0.25) is 0 Å². The van der Waals surface area contributed by atoms with E-state index in [1.807, 2.05) is 24.3 Å². The first kappa shape index (κ1) is 15.0. The van der Waals surface area contributed by atoms with Crippen LogP contribution in [0.3, 0.4) is 0 Å². The van der Waals surface area contributed by atoms with E-state index < -0.39 is 0 Å². The number of rotatable bonds is 5. The highest BCUT2D eigenvalue weighted by atomic mass is 32.2. The number of thioether (sulfide) groups is 1. The molecule has 0 aliphatic heterocycles. The second-order valence-electron chi connectivity index (χ2n) is 5.16. The number of hydrogen-bond acceptors (Lipinski definition) is 5. The van der Waals surface area contributed by atoms with Gasteiger partial charge in [-0.05, 0) is 49.9 Å². The third-order valence-electron chi connectivity index (χ3n) is 3.64. The zero-order valence-corrected chi connectivity index (χ0v) is 13.2. The molecule has 1 aliphatic carbocycles. The highest BCUT2D eigenvalue weighted by Gasteiger charge is 2.20. The maximum absolute atomic E-state index is 12.0. The number of amides is 1. The minimum atomic E-state index is -0.0784. The van der Waals surface area contributed by atoms with Crippen molar-refractivity contribution < 1.29 is 14.1 Å².